The summed E-state index contributed by atoms with van der Waals surface area (Å²) in [5, 5.41) is 12.9. The van der Waals surface area contributed by atoms with Crippen LogP contribution in [-0.2, 0) is 0 Å². The van der Waals surface area contributed by atoms with Crippen molar-refractivity contribution in [1.82, 2.24) is 5.32 Å². The predicted octanol–water partition coefficient (Wildman–Crippen LogP) is 1.49. The number of aliphatic imine (C=N–C) groups is 1. The van der Waals surface area contributed by atoms with Crippen molar-refractivity contribution >= 4 is 5.96 Å². The molecule has 0 amide bonds. The summed E-state index contributed by atoms with van der Waals surface area (Å²) in [6.07, 6.45) is 4.34. The second-order valence-electron chi connectivity index (χ2n) is 5.88. The lowest BCUT2D eigenvalue weighted by atomic mass is 9.77. The molecule has 4 N–H and O–H groups in total. The molecule has 0 spiro atoms. The molecule has 0 aromatic heterocycles. The van der Waals surface area contributed by atoms with E-state index >= 15 is 0 Å². The topological polar surface area (TPSA) is 70.6 Å². The first-order chi connectivity index (χ1) is 7.97. The van der Waals surface area contributed by atoms with Gasteiger partial charge in [-0.15, -0.1) is 0 Å². The maximum Gasteiger partial charge on any atom is 0.189 e. The van der Waals surface area contributed by atoms with Gasteiger partial charge in [-0.1, -0.05) is 33.6 Å². The van der Waals surface area contributed by atoms with Gasteiger partial charge in [-0.25, -0.2) is 0 Å². The molecule has 0 aromatic carbocycles. The zero-order valence-corrected chi connectivity index (χ0v) is 11.4. The molecule has 0 bridgehead atoms. The summed E-state index contributed by atoms with van der Waals surface area (Å²) in [6, 6.07) is 0. The van der Waals surface area contributed by atoms with Crippen LogP contribution in [0.1, 0.15) is 46.5 Å². The molecular weight excluding hydrogens is 214 g/mol. The van der Waals surface area contributed by atoms with Crippen LogP contribution in [0.15, 0.2) is 4.99 Å². The number of hydrogen-bond donors (Lipinski definition) is 3. The van der Waals surface area contributed by atoms with E-state index in [0.29, 0.717) is 17.8 Å². The number of hydrogen-bond acceptors (Lipinski definition) is 2. The van der Waals surface area contributed by atoms with Crippen molar-refractivity contribution < 1.29 is 5.11 Å². The normalized spacial score (nSPS) is 30.6. The Kier molecular flexibility index (Phi) is 5.25. The van der Waals surface area contributed by atoms with Crippen molar-refractivity contribution in [2.45, 2.75) is 52.0 Å². The van der Waals surface area contributed by atoms with E-state index in [2.05, 4.69) is 31.1 Å². The number of guanidine groups is 1. The Balaban J connectivity index is 2.58. The second-order valence-corrected chi connectivity index (χ2v) is 5.88. The highest BCUT2D eigenvalue weighted by atomic mass is 16.3. The van der Waals surface area contributed by atoms with Crippen LogP contribution in [0.25, 0.3) is 0 Å². The van der Waals surface area contributed by atoms with Gasteiger partial charge in [-0.3, -0.25) is 4.99 Å². The van der Waals surface area contributed by atoms with Gasteiger partial charge in [0.1, 0.15) is 0 Å². The average molecular weight is 241 g/mol. The van der Waals surface area contributed by atoms with Gasteiger partial charge in [0.25, 0.3) is 0 Å². The van der Waals surface area contributed by atoms with Crippen molar-refractivity contribution in [2.75, 3.05) is 13.2 Å². The molecule has 2 unspecified atom stereocenters. The van der Waals surface area contributed by atoms with Crippen LogP contribution in [0.5, 0.6) is 0 Å². The minimum Gasteiger partial charge on any atom is -0.394 e. The molecule has 1 aliphatic rings. The van der Waals surface area contributed by atoms with Gasteiger partial charge < -0.3 is 16.2 Å². The van der Waals surface area contributed by atoms with E-state index < -0.39 is 0 Å². The summed E-state index contributed by atoms with van der Waals surface area (Å²) in [5.74, 6) is 1.62. The van der Waals surface area contributed by atoms with Gasteiger partial charge in [0.05, 0.1) is 12.1 Å². The SMILES string of the molecule is CC(C)CN=C(N)NC1(CO)CCCC(C)C1. The van der Waals surface area contributed by atoms with Crippen molar-refractivity contribution in [2.24, 2.45) is 22.6 Å². The first-order valence-corrected chi connectivity index (χ1v) is 6.66. The molecule has 0 heterocycles. The van der Waals surface area contributed by atoms with Gasteiger partial charge in [-0.2, -0.15) is 0 Å². The first kappa shape index (κ1) is 14.3. The van der Waals surface area contributed by atoms with Crippen LogP contribution >= 0.6 is 0 Å². The van der Waals surface area contributed by atoms with Crippen LogP contribution in [0, 0.1) is 11.8 Å². The van der Waals surface area contributed by atoms with Crippen LogP contribution in [-0.4, -0.2) is 29.8 Å². The number of nitrogens with zero attached hydrogens (tertiary/aromatic N) is 1. The first-order valence-electron chi connectivity index (χ1n) is 6.66. The quantitative estimate of drug-likeness (QED) is 0.516. The zero-order chi connectivity index (χ0) is 12.9. The zero-order valence-electron chi connectivity index (χ0n) is 11.4. The fourth-order valence-corrected chi connectivity index (χ4v) is 2.55. The summed E-state index contributed by atoms with van der Waals surface area (Å²) in [6.45, 7) is 7.32. The van der Waals surface area contributed by atoms with E-state index in [1.54, 1.807) is 0 Å². The molecule has 0 saturated heterocycles. The number of nitrogens with two attached hydrogens (primary N) is 1. The van der Waals surface area contributed by atoms with Crippen LogP contribution in [0.3, 0.4) is 0 Å². The van der Waals surface area contributed by atoms with Gasteiger partial charge >= 0.3 is 0 Å². The molecule has 1 aliphatic carbocycles. The Morgan fingerprint density at radius 1 is 1.59 bits per heavy atom. The molecule has 100 valence electrons. The molecule has 2 atom stereocenters. The minimum absolute atomic E-state index is 0.134. The summed E-state index contributed by atoms with van der Waals surface area (Å²) < 4.78 is 0. The molecule has 1 saturated carbocycles. The molecule has 0 radical (unpaired) electrons. The van der Waals surface area contributed by atoms with Crippen molar-refractivity contribution in [3.63, 3.8) is 0 Å². The van der Waals surface area contributed by atoms with E-state index in [-0.39, 0.29) is 12.1 Å². The minimum atomic E-state index is -0.248. The fourth-order valence-electron chi connectivity index (χ4n) is 2.55. The van der Waals surface area contributed by atoms with Crippen LogP contribution in [0.4, 0.5) is 0 Å². The Morgan fingerprint density at radius 3 is 2.82 bits per heavy atom. The molecule has 4 heteroatoms. The van der Waals surface area contributed by atoms with Gasteiger partial charge in [0.2, 0.25) is 0 Å². The van der Waals surface area contributed by atoms with E-state index in [1.807, 2.05) is 0 Å². The lowest BCUT2D eigenvalue weighted by molar-refractivity contribution is 0.116. The third-order valence-corrected chi connectivity index (χ3v) is 3.41. The second kappa shape index (κ2) is 6.24. The maximum atomic E-state index is 9.61. The van der Waals surface area contributed by atoms with E-state index in [4.69, 9.17) is 5.73 Å². The third kappa shape index (κ3) is 4.54. The van der Waals surface area contributed by atoms with Gasteiger partial charge in [0, 0.05) is 6.54 Å². The standard InChI is InChI=1S/C13H27N3O/c1-10(2)8-15-12(14)16-13(9-17)6-4-5-11(3)7-13/h10-11,17H,4-9H2,1-3H3,(H3,14,15,16). The number of nitrogens with one attached hydrogen (secondary N) is 1. The number of aliphatic hydroxyl groups excluding tert-OH is 1. The highest BCUT2D eigenvalue weighted by Crippen LogP contribution is 2.31. The van der Waals surface area contributed by atoms with Crippen LogP contribution < -0.4 is 11.1 Å². The molecule has 1 fully saturated rings. The summed E-state index contributed by atoms with van der Waals surface area (Å²) in [7, 11) is 0. The smallest absolute Gasteiger partial charge is 0.189 e. The van der Waals surface area contributed by atoms with E-state index in [0.717, 1.165) is 25.8 Å². The summed E-state index contributed by atoms with van der Waals surface area (Å²) in [4.78, 5) is 4.31. The van der Waals surface area contributed by atoms with Crippen molar-refractivity contribution in [3.05, 3.63) is 0 Å². The van der Waals surface area contributed by atoms with E-state index in [9.17, 15) is 5.11 Å². The monoisotopic (exact) mass is 241 g/mol. The van der Waals surface area contributed by atoms with Crippen molar-refractivity contribution in [1.29, 1.82) is 0 Å². The summed E-state index contributed by atoms with van der Waals surface area (Å²) in [5.41, 5.74) is 5.64. The number of rotatable bonds is 4. The molecule has 17 heavy (non-hydrogen) atoms. The Hall–Kier alpha value is -0.770. The number of aliphatic hydroxyl groups is 1. The Bertz CT molecular complexity index is 265. The highest BCUT2D eigenvalue weighted by Gasteiger charge is 2.34. The third-order valence-electron chi connectivity index (χ3n) is 3.41. The molecule has 1 rings (SSSR count). The lowest BCUT2D eigenvalue weighted by Crippen LogP contribution is -2.56. The molecule has 0 aromatic rings. The van der Waals surface area contributed by atoms with Gasteiger partial charge in [0.15, 0.2) is 5.96 Å². The van der Waals surface area contributed by atoms with Gasteiger partial charge in [-0.05, 0) is 24.7 Å². The largest absolute Gasteiger partial charge is 0.394 e. The molecule has 0 aliphatic heterocycles. The fraction of sp³-hybridized carbons (Fsp3) is 0.923. The maximum absolute atomic E-state index is 9.61. The van der Waals surface area contributed by atoms with E-state index in [1.165, 1.54) is 6.42 Å². The molecular formula is C13H27N3O. The van der Waals surface area contributed by atoms with Crippen molar-refractivity contribution in [3.8, 4) is 0 Å². The molecule has 4 nitrogen and oxygen atoms in total. The van der Waals surface area contributed by atoms with Crippen LogP contribution in [0.2, 0.25) is 0 Å². The Morgan fingerprint density at radius 2 is 2.29 bits per heavy atom. The average Bonchev–Trinajstić information content (AvgIpc) is 2.26. The highest BCUT2D eigenvalue weighted by molar-refractivity contribution is 5.78. The summed E-state index contributed by atoms with van der Waals surface area (Å²) >= 11 is 0. The lowest BCUT2D eigenvalue weighted by Gasteiger charge is -2.39. The Labute approximate surface area is 105 Å². The predicted molar refractivity (Wildman–Crippen MR) is 71.9 cm³/mol.